The summed E-state index contributed by atoms with van der Waals surface area (Å²) in [7, 11) is 4.08. The molecule has 1 unspecified atom stereocenters. The van der Waals surface area contributed by atoms with E-state index in [1.54, 1.807) is 0 Å². The van der Waals surface area contributed by atoms with Gasteiger partial charge in [0.2, 0.25) is 0 Å². The van der Waals surface area contributed by atoms with Crippen LogP contribution >= 0.6 is 0 Å². The van der Waals surface area contributed by atoms with Gasteiger partial charge in [0.15, 0.2) is 11.5 Å². The van der Waals surface area contributed by atoms with Gasteiger partial charge in [-0.15, -0.1) is 0 Å². The summed E-state index contributed by atoms with van der Waals surface area (Å²) in [6, 6.07) is 6.06. The van der Waals surface area contributed by atoms with Crippen LogP contribution in [0.15, 0.2) is 24.4 Å². The van der Waals surface area contributed by atoms with Crippen molar-refractivity contribution in [2.45, 2.75) is 19.9 Å². The molecule has 1 aromatic carbocycles. The minimum absolute atomic E-state index is 0.420. The van der Waals surface area contributed by atoms with Crippen molar-refractivity contribution in [2.24, 2.45) is 5.92 Å². The van der Waals surface area contributed by atoms with Gasteiger partial charge < -0.3 is 29.2 Å². The van der Waals surface area contributed by atoms with Gasteiger partial charge in [0.05, 0.1) is 31.7 Å². The maximum Gasteiger partial charge on any atom is 0.161 e. The molecule has 0 saturated carbocycles. The molecule has 172 valence electrons. The van der Waals surface area contributed by atoms with Crippen molar-refractivity contribution in [1.82, 2.24) is 20.4 Å². The second-order valence-electron chi connectivity index (χ2n) is 7.86. The number of nitrogens with zero attached hydrogens (tertiary/aromatic N) is 2. The predicted octanol–water partition coefficient (Wildman–Crippen LogP) is 2.56. The second-order valence-corrected chi connectivity index (χ2v) is 7.86. The van der Waals surface area contributed by atoms with Crippen LogP contribution in [-0.4, -0.2) is 81.9 Å². The van der Waals surface area contributed by atoms with Crippen molar-refractivity contribution in [3.05, 3.63) is 30.0 Å². The van der Waals surface area contributed by atoms with Crippen LogP contribution in [-0.2, 0) is 16.0 Å². The number of aromatic nitrogens is 2. The zero-order chi connectivity index (χ0) is 21.9. The van der Waals surface area contributed by atoms with Crippen LogP contribution in [0.3, 0.4) is 0 Å². The summed E-state index contributed by atoms with van der Waals surface area (Å²) < 4.78 is 23.0. The average Bonchev–Trinajstić information content (AvgIpc) is 3.46. The summed E-state index contributed by atoms with van der Waals surface area (Å²) in [5.74, 6) is 1.89. The van der Waals surface area contributed by atoms with Crippen LogP contribution < -0.4 is 14.8 Å². The highest BCUT2D eigenvalue weighted by Crippen LogP contribution is 2.34. The van der Waals surface area contributed by atoms with E-state index in [4.69, 9.17) is 18.9 Å². The molecular weight excluding hydrogens is 396 g/mol. The SMILES string of the molecule is CCOCCOc1ccc(-c2[nH]ncc2CN(C)CCNC)cc1OCC1CCOC1. The largest absolute Gasteiger partial charge is 0.489 e. The third-order valence-electron chi connectivity index (χ3n) is 5.32. The lowest BCUT2D eigenvalue weighted by Crippen LogP contribution is -2.27. The van der Waals surface area contributed by atoms with Crippen LogP contribution in [0.1, 0.15) is 18.9 Å². The standard InChI is InChI=1S/C23H36N4O4/c1-4-28-11-12-30-21-6-5-19(13-22(21)31-17-18-7-10-29-16-18)23-20(14-25-26-23)15-27(3)9-8-24-2/h5-6,13-14,18,24H,4,7-12,15-17H2,1-3H3,(H,25,26). The summed E-state index contributed by atoms with van der Waals surface area (Å²) in [6.07, 6.45) is 2.93. The summed E-state index contributed by atoms with van der Waals surface area (Å²) in [5, 5.41) is 10.6. The van der Waals surface area contributed by atoms with Crippen LogP contribution in [0.25, 0.3) is 11.3 Å². The van der Waals surface area contributed by atoms with Crippen molar-refractivity contribution >= 4 is 0 Å². The number of aromatic amines is 1. The van der Waals surface area contributed by atoms with E-state index >= 15 is 0 Å². The molecule has 1 aliphatic heterocycles. The fraction of sp³-hybridized carbons (Fsp3) is 0.609. The first kappa shape index (κ1) is 23.5. The van der Waals surface area contributed by atoms with Gasteiger partial charge in [-0.25, -0.2) is 0 Å². The Bertz CT molecular complexity index is 777. The molecule has 1 aromatic heterocycles. The molecule has 3 rings (SSSR count). The van der Waals surface area contributed by atoms with Crippen LogP contribution in [0.5, 0.6) is 11.5 Å². The predicted molar refractivity (Wildman–Crippen MR) is 121 cm³/mol. The summed E-state index contributed by atoms with van der Waals surface area (Å²) in [4.78, 5) is 2.27. The highest BCUT2D eigenvalue weighted by molar-refractivity contribution is 5.66. The van der Waals surface area contributed by atoms with E-state index < -0.39 is 0 Å². The maximum atomic E-state index is 6.19. The molecule has 2 aromatic rings. The van der Waals surface area contributed by atoms with Crippen LogP contribution in [0.2, 0.25) is 0 Å². The lowest BCUT2D eigenvalue weighted by Gasteiger charge is -2.18. The topological polar surface area (TPSA) is 80.9 Å². The molecule has 2 heterocycles. The van der Waals surface area contributed by atoms with Crippen molar-refractivity contribution in [1.29, 1.82) is 0 Å². The highest BCUT2D eigenvalue weighted by Gasteiger charge is 2.18. The van der Waals surface area contributed by atoms with E-state index in [1.807, 2.05) is 38.4 Å². The summed E-state index contributed by atoms with van der Waals surface area (Å²) in [6.45, 7) is 8.60. The highest BCUT2D eigenvalue weighted by atomic mass is 16.5. The van der Waals surface area contributed by atoms with Gasteiger partial charge in [-0.1, -0.05) is 0 Å². The number of rotatable bonds is 14. The van der Waals surface area contributed by atoms with Gasteiger partial charge in [-0.05, 0) is 45.6 Å². The molecule has 1 saturated heterocycles. The van der Waals surface area contributed by atoms with E-state index in [2.05, 4.69) is 27.5 Å². The number of ether oxygens (including phenoxy) is 4. The number of benzene rings is 1. The first-order chi connectivity index (χ1) is 15.2. The number of nitrogens with one attached hydrogen (secondary N) is 2. The Morgan fingerprint density at radius 1 is 1.26 bits per heavy atom. The monoisotopic (exact) mass is 432 g/mol. The Balaban J connectivity index is 1.74. The first-order valence-electron chi connectivity index (χ1n) is 11.1. The minimum atomic E-state index is 0.420. The molecule has 1 aliphatic rings. The van der Waals surface area contributed by atoms with Crippen molar-refractivity contribution in [3.8, 4) is 22.8 Å². The molecule has 0 aliphatic carbocycles. The third kappa shape index (κ3) is 7.21. The van der Waals surface area contributed by atoms with E-state index in [0.29, 0.717) is 32.3 Å². The van der Waals surface area contributed by atoms with Gasteiger partial charge in [-0.2, -0.15) is 5.10 Å². The minimum Gasteiger partial charge on any atom is -0.489 e. The van der Waals surface area contributed by atoms with Gasteiger partial charge in [0.25, 0.3) is 0 Å². The molecule has 0 radical (unpaired) electrons. The quantitative estimate of drug-likeness (QED) is 0.444. The average molecular weight is 433 g/mol. The molecular formula is C23H36N4O4. The molecule has 1 fully saturated rings. The van der Waals surface area contributed by atoms with Crippen molar-refractivity contribution in [2.75, 3.05) is 66.8 Å². The Morgan fingerprint density at radius 2 is 2.16 bits per heavy atom. The fourth-order valence-electron chi connectivity index (χ4n) is 3.53. The third-order valence-corrected chi connectivity index (χ3v) is 5.32. The zero-order valence-corrected chi connectivity index (χ0v) is 19.0. The number of hydrogen-bond acceptors (Lipinski definition) is 7. The number of hydrogen-bond donors (Lipinski definition) is 2. The molecule has 0 bridgehead atoms. The Kier molecular flexibility index (Phi) is 9.61. The summed E-state index contributed by atoms with van der Waals surface area (Å²) in [5.41, 5.74) is 3.19. The van der Waals surface area contributed by atoms with Gasteiger partial charge in [0, 0.05) is 49.9 Å². The Labute approximate surface area is 185 Å². The first-order valence-corrected chi connectivity index (χ1v) is 11.1. The number of H-pyrrole nitrogens is 1. The normalized spacial score (nSPS) is 16.2. The van der Waals surface area contributed by atoms with E-state index in [1.165, 1.54) is 0 Å². The van der Waals surface area contributed by atoms with Crippen LogP contribution in [0.4, 0.5) is 0 Å². The molecule has 0 spiro atoms. The molecule has 8 nitrogen and oxygen atoms in total. The smallest absolute Gasteiger partial charge is 0.161 e. The summed E-state index contributed by atoms with van der Waals surface area (Å²) >= 11 is 0. The van der Waals surface area contributed by atoms with Crippen molar-refractivity contribution in [3.63, 3.8) is 0 Å². The zero-order valence-electron chi connectivity index (χ0n) is 19.0. The molecule has 0 amide bonds. The second kappa shape index (κ2) is 12.7. The fourth-order valence-corrected chi connectivity index (χ4v) is 3.53. The van der Waals surface area contributed by atoms with Crippen LogP contribution in [0, 0.1) is 5.92 Å². The van der Waals surface area contributed by atoms with E-state index in [0.717, 1.165) is 67.6 Å². The lowest BCUT2D eigenvalue weighted by molar-refractivity contribution is 0.107. The molecule has 31 heavy (non-hydrogen) atoms. The van der Waals surface area contributed by atoms with Crippen molar-refractivity contribution < 1.29 is 18.9 Å². The lowest BCUT2D eigenvalue weighted by atomic mass is 10.1. The van der Waals surface area contributed by atoms with Gasteiger partial charge in [-0.3, -0.25) is 5.10 Å². The number of likely N-dealkylation sites (N-methyl/N-ethyl adjacent to an activating group) is 2. The van der Waals surface area contributed by atoms with Gasteiger partial charge >= 0.3 is 0 Å². The maximum absolute atomic E-state index is 6.19. The van der Waals surface area contributed by atoms with Gasteiger partial charge in [0.1, 0.15) is 6.61 Å². The Morgan fingerprint density at radius 3 is 2.94 bits per heavy atom. The van der Waals surface area contributed by atoms with E-state index in [-0.39, 0.29) is 0 Å². The molecule has 1 atom stereocenters. The Hall–Kier alpha value is -2.13. The molecule has 2 N–H and O–H groups in total. The van der Waals surface area contributed by atoms with E-state index in [9.17, 15) is 0 Å². The molecule has 8 heteroatoms.